The lowest BCUT2D eigenvalue weighted by atomic mass is 10.1. The number of amides is 2. The van der Waals surface area contributed by atoms with E-state index < -0.39 is 0 Å². The number of hydrogen-bond acceptors (Lipinski definition) is 2. The number of anilines is 2. The molecule has 0 aliphatic heterocycles. The van der Waals surface area contributed by atoms with Crippen molar-refractivity contribution in [2.45, 2.75) is 13.8 Å². The van der Waals surface area contributed by atoms with E-state index in [1.165, 1.54) is 6.92 Å². The highest BCUT2D eigenvalue weighted by Crippen LogP contribution is 2.22. The second kappa shape index (κ2) is 6.54. The van der Waals surface area contributed by atoms with Crippen LogP contribution < -0.4 is 10.6 Å². The van der Waals surface area contributed by atoms with Gasteiger partial charge < -0.3 is 10.6 Å². The number of rotatable bonds is 3. The van der Waals surface area contributed by atoms with Gasteiger partial charge in [-0.1, -0.05) is 12.1 Å². The molecule has 0 saturated heterocycles. The fourth-order valence-electron chi connectivity index (χ4n) is 1.86. The van der Waals surface area contributed by atoms with Crippen LogP contribution in [0.1, 0.15) is 22.8 Å². The largest absolute Gasteiger partial charge is 0.326 e. The van der Waals surface area contributed by atoms with Crippen molar-refractivity contribution in [1.82, 2.24) is 0 Å². The number of hydrogen-bond donors (Lipinski definition) is 2. The highest BCUT2D eigenvalue weighted by molar-refractivity contribution is 9.10. The number of carbonyl (C=O) groups excluding carboxylic acids is 2. The van der Waals surface area contributed by atoms with Crippen molar-refractivity contribution >= 4 is 39.1 Å². The van der Waals surface area contributed by atoms with E-state index in [9.17, 15) is 9.59 Å². The van der Waals surface area contributed by atoms with Crippen LogP contribution in [-0.4, -0.2) is 11.8 Å². The number of carbonyl (C=O) groups is 2. The molecule has 0 aromatic heterocycles. The van der Waals surface area contributed by atoms with Crippen molar-refractivity contribution in [2.24, 2.45) is 0 Å². The van der Waals surface area contributed by atoms with E-state index in [-0.39, 0.29) is 11.8 Å². The number of nitrogens with one attached hydrogen (secondary N) is 2. The number of halogens is 1. The maximum Gasteiger partial charge on any atom is 0.256 e. The minimum Gasteiger partial charge on any atom is -0.326 e. The molecule has 5 heteroatoms. The number of benzene rings is 2. The summed E-state index contributed by atoms with van der Waals surface area (Å²) in [6.07, 6.45) is 0. The summed E-state index contributed by atoms with van der Waals surface area (Å²) in [5, 5.41) is 5.50. The Bertz CT molecular complexity index is 681. The van der Waals surface area contributed by atoms with E-state index in [2.05, 4.69) is 26.6 Å². The summed E-state index contributed by atoms with van der Waals surface area (Å²) in [6, 6.07) is 12.5. The highest BCUT2D eigenvalue weighted by atomic mass is 79.9. The molecular formula is C16H15BrN2O2. The molecule has 2 aromatic carbocycles. The van der Waals surface area contributed by atoms with Gasteiger partial charge in [-0.15, -0.1) is 0 Å². The molecule has 0 aliphatic rings. The normalized spacial score (nSPS) is 10.0. The van der Waals surface area contributed by atoms with Crippen molar-refractivity contribution in [3.05, 3.63) is 58.1 Å². The molecule has 2 rings (SSSR count). The Hall–Kier alpha value is -2.14. The van der Waals surface area contributed by atoms with Gasteiger partial charge in [-0.2, -0.15) is 0 Å². The van der Waals surface area contributed by atoms with Crippen LogP contribution in [0.5, 0.6) is 0 Å². The third-order valence-electron chi connectivity index (χ3n) is 2.90. The third-order valence-corrected chi connectivity index (χ3v) is 3.95. The quantitative estimate of drug-likeness (QED) is 0.883. The van der Waals surface area contributed by atoms with Crippen LogP contribution in [0, 0.1) is 6.92 Å². The van der Waals surface area contributed by atoms with E-state index in [0.717, 1.165) is 10.0 Å². The minimum atomic E-state index is -0.183. The average molecular weight is 347 g/mol. The summed E-state index contributed by atoms with van der Waals surface area (Å²) in [5.74, 6) is -0.312. The van der Waals surface area contributed by atoms with Crippen LogP contribution in [0.2, 0.25) is 0 Å². The Morgan fingerprint density at radius 2 is 1.52 bits per heavy atom. The van der Waals surface area contributed by atoms with Crippen molar-refractivity contribution in [2.75, 3.05) is 10.6 Å². The molecular weight excluding hydrogens is 332 g/mol. The van der Waals surface area contributed by atoms with Crippen molar-refractivity contribution < 1.29 is 9.59 Å². The second-order valence-corrected chi connectivity index (χ2v) is 5.44. The van der Waals surface area contributed by atoms with E-state index in [0.29, 0.717) is 16.9 Å². The Labute approximate surface area is 131 Å². The number of aryl methyl sites for hydroxylation is 1. The van der Waals surface area contributed by atoms with Crippen LogP contribution in [0.4, 0.5) is 11.4 Å². The maximum atomic E-state index is 12.2. The first kappa shape index (κ1) is 15.3. The Balaban J connectivity index is 2.12. The SMILES string of the molecule is CC(=O)Nc1ccc(NC(=O)c2cccc(C)c2Br)cc1. The summed E-state index contributed by atoms with van der Waals surface area (Å²) in [7, 11) is 0. The fourth-order valence-corrected chi connectivity index (χ4v) is 2.31. The van der Waals surface area contributed by atoms with Gasteiger partial charge in [0, 0.05) is 22.8 Å². The summed E-state index contributed by atoms with van der Waals surface area (Å²) in [5.41, 5.74) is 2.95. The molecule has 0 heterocycles. The molecule has 0 bridgehead atoms. The topological polar surface area (TPSA) is 58.2 Å². The van der Waals surface area contributed by atoms with Crippen LogP contribution in [-0.2, 0) is 4.79 Å². The zero-order valence-electron chi connectivity index (χ0n) is 11.7. The van der Waals surface area contributed by atoms with E-state index in [4.69, 9.17) is 0 Å². The lowest BCUT2D eigenvalue weighted by Crippen LogP contribution is -2.13. The predicted molar refractivity (Wildman–Crippen MR) is 87.6 cm³/mol. The molecule has 0 saturated carbocycles. The fraction of sp³-hybridized carbons (Fsp3) is 0.125. The predicted octanol–water partition coefficient (Wildman–Crippen LogP) is 3.97. The first-order valence-corrected chi connectivity index (χ1v) is 7.21. The molecule has 2 amide bonds. The summed E-state index contributed by atoms with van der Waals surface area (Å²) < 4.78 is 0.789. The zero-order chi connectivity index (χ0) is 15.4. The monoisotopic (exact) mass is 346 g/mol. The Morgan fingerprint density at radius 3 is 2.10 bits per heavy atom. The summed E-state index contributed by atoms with van der Waals surface area (Å²) in [4.78, 5) is 23.2. The van der Waals surface area contributed by atoms with Gasteiger partial charge in [0.05, 0.1) is 5.56 Å². The molecule has 108 valence electrons. The first-order valence-electron chi connectivity index (χ1n) is 6.41. The molecule has 4 nitrogen and oxygen atoms in total. The molecule has 0 aliphatic carbocycles. The van der Waals surface area contributed by atoms with E-state index >= 15 is 0 Å². The minimum absolute atomic E-state index is 0.129. The van der Waals surface area contributed by atoms with Crippen molar-refractivity contribution in [3.8, 4) is 0 Å². The first-order chi connectivity index (χ1) is 9.97. The average Bonchev–Trinajstić information content (AvgIpc) is 2.43. The molecule has 0 spiro atoms. The Morgan fingerprint density at radius 1 is 0.952 bits per heavy atom. The molecule has 21 heavy (non-hydrogen) atoms. The molecule has 0 unspecified atom stereocenters. The van der Waals surface area contributed by atoms with Gasteiger partial charge in [-0.05, 0) is 58.7 Å². The van der Waals surface area contributed by atoms with Crippen LogP contribution >= 0.6 is 15.9 Å². The molecule has 2 aromatic rings. The van der Waals surface area contributed by atoms with Gasteiger partial charge in [-0.25, -0.2) is 0 Å². The molecule has 0 fully saturated rings. The molecule has 0 radical (unpaired) electrons. The van der Waals surface area contributed by atoms with Gasteiger partial charge in [0.2, 0.25) is 5.91 Å². The Kier molecular flexibility index (Phi) is 4.75. The van der Waals surface area contributed by atoms with Crippen LogP contribution in [0.3, 0.4) is 0 Å². The molecule has 0 atom stereocenters. The lowest BCUT2D eigenvalue weighted by molar-refractivity contribution is -0.114. The van der Waals surface area contributed by atoms with Gasteiger partial charge >= 0.3 is 0 Å². The van der Waals surface area contributed by atoms with Gasteiger partial charge in [0.1, 0.15) is 0 Å². The lowest BCUT2D eigenvalue weighted by Gasteiger charge is -2.09. The van der Waals surface area contributed by atoms with Gasteiger partial charge in [-0.3, -0.25) is 9.59 Å². The zero-order valence-corrected chi connectivity index (χ0v) is 13.3. The van der Waals surface area contributed by atoms with E-state index in [1.807, 2.05) is 19.1 Å². The van der Waals surface area contributed by atoms with E-state index in [1.54, 1.807) is 30.3 Å². The summed E-state index contributed by atoms with van der Waals surface area (Å²) in [6.45, 7) is 3.38. The van der Waals surface area contributed by atoms with Crippen molar-refractivity contribution in [1.29, 1.82) is 0 Å². The van der Waals surface area contributed by atoms with Crippen LogP contribution in [0.25, 0.3) is 0 Å². The maximum absolute atomic E-state index is 12.2. The smallest absolute Gasteiger partial charge is 0.256 e. The molecule has 2 N–H and O–H groups in total. The van der Waals surface area contributed by atoms with Gasteiger partial charge in [0.15, 0.2) is 0 Å². The standard InChI is InChI=1S/C16H15BrN2O2/c1-10-4-3-5-14(15(10)17)16(21)19-13-8-6-12(7-9-13)18-11(2)20/h3-9H,1-2H3,(H,18,20)(H,19,21). The van der Waals surface area contributed by atoms with Gasteiger partial charge in [0.25, 0.3) is 5.91 Å². The summed E-state index contributed by atoms with van der Waals surface area (Å²) >= 11 is 3.42. The third kappa shape index (κ3) is 3.92. The van der Waals surface area contributed by atoms with Crippen LogP contribution in [0.15, 0.2) is 46.9 Å². The highest BCUT2D eigenvalue weighted by Gasteiger charge is 2.11. The van der Waals surface area contributed by atoms with Crippen molar-refractivity contribution in [3.63, 3.8) is 0 Å². The second-order valence-electron chi connectivity index (χ2n) is 4.65.